The number of rotatable bonds is 5. The summed E-state index contributed by atoms with van der Waals surface area (Å²) >= 11 is 1.75. The number of hydrogen-bond acceptors (Lipinski definition) is 4. The molecule has 1 heterocycles. The Labute approximate surface area is 132 Å². The van der Waals surface area contributed by atoms with Gasteiger partial charge in [0.1, 0.15) is 12.4 Å². The number of ether oxygens (including phenoxy) is 1. The summed E-state index contributed by atoms with van der Waals surface area (Å²) in [7, 11) is 0. The second kappa shape index (κ2) is 10.6. The maximum Gasteiger partial charge on any atom is 0.119 e. The summed E-state index contributed by atoms with van der Waals surface area (Å²) in [5.41, 5.74) is 0. The highest BCUT2D eigenvalue weighted by molar-refractivity contribution is 7.98. The summed E-state index contributed by atoms with van der Waals surface area (Å²) in [6.45, 7) is 6.26. The SMILES string of the molecule is CSc1ccc(OCCN2CCNCC2)cc1.Cl.Cl. The van der Waals surface area contributed by atoms with Gasteiger partial charge in [-0.25, -0.2) is 0 Å². The molecule has 1 saturated heterocycles. The van der Waals surface area contributed by atoms with Gasteiger partial charge in [-0.15, -0.1) is 36.6 Å². The number of nitrogens with one attached hydrogen (secondary N) is 1. The Balaban J connectivity index is 0.00000162. The first-order valence-corrected chi connectivity index (χ1v) is 7.31. The number of hydrogen-bond donors (Lipinski definition) is 1. The molecule has 1 aromatic rings. The van der Waals surface area contributed by atoms with Crippen LogP contribution in [0.15, 0.2) is 29.2 Å². The Kier molecular flexibility index (Phi) is 10.6. The topological polar surface area (TPSA) is 24.5 Å². The summed E-state index contributed by atoms with van der Waals surface area (Å²) in [4.78, 5) is 3.71. The van der Waals surface area contributed by atoms with Crippen LogP contribution in [0.1, 0.15) is 0 Å². The minimum absolute atomic E-state index is 0. The zero-order valence-corrected chi connectivity index (χ0v) is 13.6. The van der Waals surface area contributed by atoms with Crippen LogP contribution < -0.4 is 10.1 Å². The lowest BCUT2D eigenvalue weighted by Gasteiger charge is -2.26. The molecule has 0 aliphatic carbocycles. The molecule has 0 aromatic heterocycles. The molecule has 1 aliphatic rings. The van der Waals surface area contributed by atoms with Crippen molar-refractivity contribution >= 4 is 36.6 Å². The molecule has 0 bridgehead atoms. The molecular weight excluding hydrogens is 303 g/mol. The minimum atomic E-state index is 0. The van der Waals surface area contributed by atoms with E-state index in [1.54, 1.807) is 11.8 Å². The van der Waals surface area contributed by atoms with E-state index in [-0.39, 0.29) is 24.8 Å². The zero-order valence-electron chi connectivity index (χ0n) is 11.1. The first-order valence-electron chi connectivity index (χ1n) is 6.08. The number of thioether (sulfide) groups is 1. The van der Waals surface area contributed by atoms with Gasteiger partial charge in [0.15, 0.2) is 0 Å². The number of piperazine rings is 1. The highest BCUT2D eigenvalue weighted by Gasteiger charge is 2.08. The summed E-state index contributed by atoms with van der Waals surface area (Å²) in [6, 6.07) is 8.29. The van der Waals surface area contributed by atoms with Crippen LogP contribution in [0.2, 0.25) is 0 Å². The van der Waals surface area contributed by atoms with E-state index in [1.807, 2.05) is 12.1 Å². The minimum Gasteiger partial charge on any atom is -0.492 e. The molecule has 0 unspecified atom stereocenters. The Morgan fingerprint density at radius 1 is 1.16 bits per heavy atom. The first kappa shape index (κ1) is 18.9. The summed E-state index contributed by atoms with van der Waals surface area (Å²) < 4.78 is 5.74. The Morgan fingerprint density at radius 2 is 1.79 bits per heavy atom. The Hall–Kier alpha value is -0.130. The van der Waals surface area contributed by atoms with Gasteiger partial charge in [-0.3, -0.25) is 4.90 Å². The second-order valence-corrected chi connectivity index (χ2v) is 5.00. The molecule has 0 amide bonds. The molecule has 3 nitrogen and oxygen atoms in total. The Bertz CT molecular complexity index is 332. The van der Waals surface area contributed by atoms with Crippen LogP contribution in [-0.2, 0) is 0 Å². The standard InChI is InChI=1S/C13H20N2OS.2ClH/c1-17-13-4-2-12(3-5-13)16-11-10-15-8-6-14-7-9-15;;/h2-5,14H,6-11H2,1H3;2*1H. The van der Waals surface area contributed by atoms with E-state index in [9.17, 15) is 0 Å². The third-order valence-corrected chi connectivity index (χ3v) is 3.69. The van der Waals surface area contributed by atoms with Crippen LogP contribution in [0.25, 0.3) is 0 Å². The third kappa shape index (κ3) is 6.72. The van der Waals surface area contributed by atoms with E-state index in [0.717, 1.165) is 45.1 Å². The van der Waals surface area contributed by atoms with E-state index < -0.39 is 0 Å². The molecule has 1 N–H and O–H groups in total. The fourth-order valence-corrected chi connectivity index (χ4v) is 2.31. The van der Waals surface area contributed by atoms with E-state index in [0.29, 0.717) is 0 Å². The summed E-state index contributed by atoms with van der Waals surface area (Å²) in [5, 5.41) is 3.35. The molecule has 1 fully saturated rings. The molecule has 0 radical (unpaired) electrons. The van der Waals surface area contributed by atoms with Crippen LogP contribution in [0.4, 0.5) is 0 Å². The van der Waals surface area contributed by atoms with E-state index in [4.69, 9.17) is 4.74 Å². The highest BCUT2D eigenvalue weighted by Crippen LogP contribution is 2.18. The lowest BCUT2D eigenvalue weighted by molar-refractivity contribution is 0.191. The van der Waals surface area contributed by atoms with Crippen molar-refractivity contribution in [3.63, 3.8) is 0 Å². The molecule has 1 aliphatic heterocycles. The van der Waals surface area contributed by atoms with Crippen LogP contribution in [0.5, 0.6) is 5.75 Å². The lowest BCUT2D eigenvalue weighted by atomic mass is 10.3. The molecule has 19 heavy (non-hydrogen) atoms. The van der Waals surface area contributed by atoms with Crippen molar-refractivity contribution in [2.75, 3.05) is 45.6 Å². The molecule has 0 spiro atoms. The number of nitrogens with zero attached hydrogens (tertiary/aromatic N) is 1. The molecular formula is C13H22Cl2N2OS. The van der Waals surface area contributed by atoms with Crippen molar-refractivity contribution in [1.82, 2.24) is 10.2 Å². The van der Waals surface area contributed by atoms with Crippen molar-refractivity contribution in [1.29, 1.82) is 0 Å². The van der Waals surface area contributed by atoms with E-state index in [1.165, 1.54) is 4.90 Å². The molecule has 6 heteroatoms. The van der Waals surface area contributed by atoms with Crippen molar-refractivity contribution in [2.24, 2.45) is 0 Å². The van der Waals surface area contributed by atoms with Gasteiger partial charge in [0.25, 0.3) is 0 Å². The molecule has 1 aromatic carbocycles. The summed E-state index contributed by atoms with van der Waals surface area (Å²) in [5.74, 6) is 0.970. The smallest absolute Gasteiger partial charge is 0.119 e. The normalized spacial score (nSPS) is 15.2. The second-order valence-electron chi connectivity index (χ2n) is 4.12. The predicted octanol–water partition coefficient (Wildman–Crippen LogP) is 2.54. The van der Waals surface area contributed by atoms with Crippen molar-refractivity contribution in [3.05, 3.63) is 24.3 Å². The fraction of sp³-hybridized carbons (Fsp3) is 0.538. The first-order chi connectivity index (χ1) is 8.38. The number of benzene rings is 1. The van der Waals surface area contributed by atoms with Gasteiger partial charge in [-0.1, -0.05) is 0 Å². The predicted molar refractivity (Wildman–Crippen MR) is 87.5 cm³/mol. The van der Waals surface area contributed by atoms with Crippen LogP contribution in [0.3, 0.4) is 0 Å². The highest BCUT2D eigenvalue weighted by atomic mass is 35.5. The van der Waals surface area contributed by atoms with Crippen molar-refractivity contribution < 1.29 is 4.74 Å². The maximum absolute atomic E-state index is 5.74. The van der Waals surface area contributed by atoms with Gasteiger partial charge < -0.3 is 10.1 Å². The van der Waals surface area contributed by atoms with Gasteiger partial charge in [-0.05, 0) is 30.5 Å². The maximum atomic E-state index is 5.74. The largest absolute Gasteiger partial charge is 0.492 e. The molecule has 0 atom stereocenters. The molecule has 2 rings (SSSR count). The third-order valence-electron chi connectivity index (χ3n) is 2.95. The number of halogens is 2. The van der Waals surface area contributed by atoms with E-state index in [2.05, 4.69) is 28.6 Å². The van der Waals surface area contributed by atoms with E-state index >= 15 is 0 Å². The Morgan fingerprint density at radius 3 is 2.37 bits per heavy atom. The average Bonchev–Trinajstić information content (AvgIpc) is 2.41. The van der Waals surface area contributed by atoms with Gasteiger partial charge in [-0.2, -0.15) is 0 Å². The van der Waals surface area contributed by atoms with Gasteiger partial charge >= 0.3 is 0 Å². The summed E-state index contributed by atoms with van der Waals surface area (Å²) in [6.07, 6.45) is 2.08. The monoisotopic (exact) mass is 324 g/mol. The zero-order chi connectivity index (χ0) is 11.9. The van der Waals surface area contributed by atoms with Crippen LogP contribution in [-0.4, -0.2) is 50.5 Å². The van der Waals surface area contributed by atoms with Crippen LogP contribution >= 0.6 is 36.6 Å². The quantitative estimate of drug-likeness (QED) is 0.841. The van der Waals surface area contributed by atoms with Crippen LogP contribution in [0, 0.1) is 0 Å². The molecule has 0 saturated carbocycles. The molecule has 110 valence electrons. The van der Waals surface area contributed by atoms with Gasteiger partial charge in [0, 0.05) is 37.6 Å². The van der Waals surface area contributed by atoms with Crippen molar-refractivity contribution in [3.8, 4) is 5.75 Å². The van der Waals surface area contributed by atoms with Gasteiger partial charge in [0.05, 0.1) is 0 Å². The van der Waals surface area contributed by atoms with Gasteiger partial charge in [0.2, 0.25) is 0 Å². The fourth-order valence-electron chi connectivity index (χ4n) is 1.90. The average molecular weight is 325 g/mol. The van der Waals surface area contributed by atoms with Crippen molar-refractivity contribution in [2.45, 2.75) is 4.90 Å². The lowest BCUT2D eigenvalue weighted by Crippen LogP contribution is -2.44.